The van der Waals surface area contributed by atoms with Crippen molar-refractivity contribution in [3.8, 4) is 0 Å². The molecule has 10 nitrogen and oxygen atoms in total. The fraction of sp³-hybridized carbons (Fsp3) is 0.333. The molecule has 1 aromatic carbocycles. The molecule has 0 aliphatic heterocycles. The van der Waals surface area contributed by atoms with Crippen molar-refractivity contribution in [2.24, 2.45) is 0 Å². The average Bonchev–Trinajstić information content (AvgIpc) is 2.81. The molecule has 138 valence electrons. The highest BCUT2D eigenvalue weighted by Gasteiger charge is 2.23. The van der Waals surface area contributed by atoms with Crippen LogP contribution in [0.3, 0.4) is 0 Å². The first-order valence-corrected chi connectivity index (χ1v) is 7.92. The van der Waals surface area contributed by atoms with Gasteiger partial charge >= 0.3 is 0 Å². The zero-order valence-electron chi connectivity index (χ0n) is 14.3. The summed E-state index contributed by atoms with van der Waals surface area (Å²) in [5.74, 6) is -0.457. The predicted molar refractivity (Wildman–Crippen MR) is 94.4 cm³/mol. The van der Waals surface area contributed by atoms with E-state index in [1.165, 1.54) is 6.92 Å². The minimum Gasteiger partial charge on any atom is -0.326 e. The van der Waals surface area contributed by atoms with Crippen LogP contribution in [0.4, 0.5) is 17.1 Å². The summed E-state index contributed by atoms with van der Waals surface area (Å²) >= 11 is 6.04. The maximum atomic E-state index is 12.1. The molecule has 0 aliphatic rings. The van der Waals surface area contributed by atoms with Gasteiger partial charge in [0.05, 0.1) is 38.5 Å². The molecule has 2 aromatic rings. The lowest BCUT2D eigenvalue weighted by molar-refractivity contribution is -0.395. The van der Waals surface area contributed by atoms with Crippen molar-refractivity contribution in [1.29, 1.82) is 0 Å². The number of nitrogens with one attached hydrogen (secondary N) is 1. The Hall–Kier alpha value is -3.01. The van der Waals surface area contributed by atoms with Crippen LogP contribution in [0.2, 0.25) is 5.02 Å². The van der Waals surface area contributed by atoms with Crippen LogP contribution in [-0.4, -0.2) is 25.5 Å². The van der Waals surface area contributed by atoms with Crippen molar-refractivity contribution in [2.75, 3.05) is 5.32 Å². The second-order valence-corrected chi connectivity index (χ2v) is 6.04. The van der Waals surface area contributed by atoms with Crippen molar-refractivity contribution in [1.82, 2.24) is 9.78 Å². The summed E-state index contributed by atoms with van der Waals surface area (Å²) in [6.45, 7) is 5.05. The Balaban J connectivity index is 2.16. The molecular formula is C15H16ClN5O5. The zero-order valence-corrected chi connectivity index (χ0v) is 15.0. The zero-order chi connectivity index (χ0) is 19.6. The molecule has 26 heavy (non-hydrogen) atoms. The second kappa shape index (κ2) is 7.48. The Bertz CT molecular complexity index is 873. The molecule has 0 saturated heterocycles. The van der Waals surface area contributed by atoms with E-state index >= 15 is 0 Å². The van der Waals surface area contributed by atoms with Gasteiger partial charge in [-0.15, -0.1) is 0 Å². The van der Waals surface area contributed by atoms with Gasteiger partial charge in [0.2, 0.25) is 5.91 Å². The van der Waals surface area contributed by atoms with E-state index in [4.69, 9.17) is 11.6 Å². The lowest BCUT2D eigenvalue weighted by Gasteiger charge is -2.08. The molecule has 1 heterocycles. The van der Waals surface area contributed by atoms with Crippen LogP contribution in [0.5, 0.6) is 0 Å². The number of nitrogens with zero attached hydrogens (tertiary/aromatic N) is 4. The highest BCUT2D eigenvalue weighted by atomic mass is 35.5. The highest BCUT2D eigenvalue weighted by molar-refractivity contribution is 6.31. The number of nitro benzene ring substituents is 2. The van der Waals surface area contributed by atoms with Crippen molar-refractivity contribution >= 4 is 34.6 Å². The normalized spacial score (nSPS) is 10.6. The third-order valence-corrected chi connectivity index (χ3v) is 4.42. The van der Waals surface area contributed by atoms with E-state index in [-0.39, 0.29) is 24.2 Å². The molecule has 1 amide bonds. The monoisotopic (exact) mass is 381 g/mol. The number of benzene rings is 1. The number of rotatable bonds is 6. The molecule has 0 saturated carbocycles. The van der Waals surface area contributed by atoms with Gasteiger partial charge in [-0.25, -0.2) is 0 Å². The number of carbonyl (C=O) groups excluding carboxylic acids is 1. The van der Waals surface area contributed by atoms with E-state index in [9.17, 15) is 25.0 Å². The number of nitro groups is 2. The van der Waals surface area contributed by atoms with Crippen molar-refractivity contribution in [2.45, 2.75) is 33.7 Å². The molecule has 0 bridgehead atoms. The molecule has 0 aliphatic carbocycles. The topological polar surface area (TPSA) is 133 Å². The van der Waals surface area contributed by atoms with Gasteiger partial charge in [0.15, 0.2) is 0 Å². The fourth-order valence-electron chi connectivity index (χ4n) is 2.46. The second-order valence-electron chi connectivity index (χ2n) is 5.66. The van der Waals surface area contributed by atoms with E-state index < -0.39 is 27.1 Å². The van der Waals surface area contributed by atoms with Crippen LogP contribution >= 0.6 is 11.6 Å². The van der Waals surface area contributed by atoms with E-state index in [0.29, 0.717) is 10.7 Å². The van der Waals surface area contributed by atoms with Crippen molar-refractivity contribution in [3.05, 3.63) is 54.3 Å². The predicted octanol–water partition coefficient (Wildman–Crippen LogP) is 3.31. The quantitative estimate of drug-likeness (QED) is 0.602. The number of aryl methyl sites for hydroxylation is 2. The van der Waals surface area contributed by atoms with Gasteiger partial charge in [0, 0.05) is 18.6 Å². The Morgan fingerprint density at radius 1 is 1.19 bits per heavy atom. The van der Waals surface area contributed by atoms with Gasteiger partial charge in [0.25, 0.3) is 11.4 Å². The first kappa shape index (κ1) is 19.3. The van der Waals surface area contributed by atoms with E-state index in [1.807, 2.05) is 0 Å². The summed E-state index contributed by atoms with van der Waals surface area (Å²) in [6, 6.07) is 2.20. The van der Waals surface area contributed by atoms with E-state index in [0.717, 1.165) is 17.8 Å². The van der Waals surface area contributed by atoms with Crippen LogP contribution in [0, 0.1) is 41.0 Å². The number of anilines is 1. The third kappa shape index (κ3) is 3.97. The van der Waals surface area contributed by atoms with E-state index in [2.05, 4.69) is 10.4 Å². The van der Waals surface area contributed by atoms with Gasteiger partial charge in [-0.05, 0) is 20.8 Å². The number of halogens is 1. The average molecular weight is 382 g/mol. The van der Waals surface area contributed by atoms with Crippen LogP contribution in [0.1, 0.15) is 23.4 Å². The van der Waals surface area contributed by atoms with Crippen LogP contribution in [-0.2, 0) is 11.3 Å². The molecule has 0 spiro atoms. The van der Waals surface area contributed by atoms with Crippen molar-refractivity contribution in [3.63, 3.8) is 0 Å². The summed E-state index contributed by atoms with van der Waals surface area (Å²) in [5, 5.41) is 29.3. The highest BCUT2D eigenvalue weighted by Crippen LogP contribution is 2.31. The SMILES string of the molecule is Cc1nn(CCC(=O)Nc2cc([N+](=O)[O-])c(C)c([N+](=O)[O-])c2)c(C)c1Cl. The summed E-state index contributed by atoms with van der Waals surface area (Å²) in [5.41, 5.74) is 0.424. The maximum Gasteiger partial charge on any atom is 0.281 e. The minimum atomic E-state index is -0.726. The smallest absolute Gasteiger partial charge is 0.281 e. The largest absolute Gasteiger partial charge is 0.326 e. The number of carbonyl (C=O) groups is 1. The Morgan fingerprint density at radius 2 is 1.73 bits per heavy atom. The first-order chi connectivity index (χ1) is 12.1. The molecule has 1 N–H and O–H groups in total. The molecular weight excluding hydrogens is 366 g/mol. The van der Waals surface area contributed by atoms with Crippen LogP contribution in [0.15, 0.2) is 12.1 Å². The Kier molecular flexibility index (Phi) is 5.56. The Morgan fingerprint density at radius 3 is 2.15 bits per heavy atom. The van der Waals surface area contributed by atoms with Gasteiger partial charge in [-0.3, -0.25) is 29.7 Å². The number of hydrogen-bond donors (Lipinski definition) is 1. The summed E-state index contributed by atoms with van der Waals surface area (Å²) in [6.07, 6.45) is 0.0216. The minimum absolute atomic E-state index is 0.00889. The number of aromatic nitrogens is 2. The summed E-state index contributed by atoms with van der Waals surface area (Å²) in [4.78, 5) is 32.8. The van der Waals surface area contributed by atoms with Gasteiger partial charge in [-0.1, -0.05) is 11.6 Å². The molecule has 2 rings (SSSR count). The Labute approximate surface area is 153 Å². The molecule has 0 unspecified atom stereocenters. The fourth-order valence-corrected chi connectivity index (χ4v) is 2.59. The van der Waals surface area contributed by atoms with Crippen molar-refractivity contribution < 1.29 is 14.6 Å². The summed E-state index contributed by atoms with van der Waals surface area (Å²) in [7, 11) is 0. The number of amides is 1. The first-order valence-electron chi connectivity index (χ1n) is 7.54. The van der Waals surface area contributed by atoms with E-state index in [1.54, 1.807) is 18.5 Å². The molecule has 0 fully saturated rings. The standard InChI is InChI=1S/C15H16ClN5O5/c1-8-12(20(23)24)6-11(7-13(8)21(25)26)17-14(22)4-5-19-10(3)15(16)9(2)18-19/h6-7H,4-5H2,1-3H3,(H,17,22). The summed E-state index contributed by atoms with van der Waals surface area (Å²) < 4.78 is 1.58. The van der Waals surface area contributed by atoms with Gasteiger partial charge < -0.3 is 5.32 Å². The van der Waals surface area contributed by atoms with Gasteiger partial charge in [-0.2, -0.15) is 5.10 Å². The molecule has 1 aromatic heterocycles. The van der Waals surface area contributed by atoms with Crippen LogP contribution in [0.25, 0.3) is 0 Å². The third-order valence-electron chi connectivity index (χ3n) is 3.87. The maximum absolute atomic E-state index is 12.1. The van der Waals surface area contributed by atoms with Gasteiger partial charge in [0.1, 0.15) is 5.56 Å². The molecule has 0 atom stereocenters. The molecule has 0 radical (unpaired) electrons. The van der Waals surface area contributed by atoms with Crippen LogP contribution < -0.4 is 5.32 Å². The molecule has 11 heteroatoms. The number of hydrogen-bond acceptors (Lipinski definition) is 6. The lowest BCUT2D eigenvalue weighted by atomic mass is 10.1. The lowest BCUT2D eigenvalue weighted by Crippen LogP contribution is -2.16.